The average molecular weight is 276 g/mol. The zero-order valence-electron chi connectivity index (χ0n) is 13.3. The van der Waals surface area contributed by atoms with Gasteiger partial charge in [-0.25, -0.2) is 0 Å². The molecule has 1 aromatic carbocycles. The Kier molecular flexibility index (Phi) is 5.06. The van der Waals surface area contributed by atoms with Crippen LogP contribution in [-0.4, -0.2) is 38.2 Å². The third-order valence-corrected chi connectivity index (χ3v) is 4.79. The van der Waals surface area contributed by atoms with Crippen LogP contribution < -0.4 is 10.5 Å². The van der Waals surface area contributed by atoms with Crippen molar-refractivity contribution in [3.8, 4) is 5.75 Å². The second-order valence-corrected chi connectivity index (χ2v) is 6.06. The number of likely N-dealkylation sites (N-methyl/N-ethyl adjacent to an activating group) is 1. The molecule has 1 aromatic rings. The van der Waals surface area contributed by atoms with Gasteiger partial charge in [0.1, 0.15) is 5.75 Å². The lowest BCUT2D eigenvalue weighted by Crippen LogP contribution is -2.43. The molecule has 0 aliphatic carbocycles. The van der Waals surface area contributed by atoms with Gasteiger partial charge >= 0.3 is 0 Å². The highest BCUT2D eigenvalue weighted by Gasteiger charge is 2.30. The van der Waals surface area contributed by atoms with Crippen molar-refractivity contribution >= 4 is 0 Å². The molecule has 1 aliphatic heterocycles. The smallest absolute Gasteiger partial charge is 0.122 e. The van der Waals surface area contributed by atoms with E-state index < -0.39 is 0 Å². The van der Waals surface area contributed by atoms with Crippen LogP contribution in [0.5, 0.6) is 5.75 Å². The summed E-state index contributed by atoms with van der Waals surface area (Å²) in [5.41, 5.74) is 10.00. The Morgan fingerprint density at radius 3 is 2.60 bits per heavy atom. The quantitative estimate of drug-likeness (QED) is 0.919. The number of likely N-dealkylation sites (tertiary alicyclic amines) is 1. The summed E-state index contributed by atoms with van der Waals surface area (Å²) in [6, 6.07) is 4.95. The van der Waals surface area contributed by atoms with Crippen LogP contribution >= 0.6 is 0 Å². The van der Waals surface area contributed by atoms with Crippen LogP contribution in [0, 0.1) is 13.8 Å². The Labute approximate surface area is 123 Å². The van der Waals surface area contributed by atoms with E-state index in [4.69, 9.17) is 10.5 Å². The summed E-state index contributed by atoms with van der Waals surface area (Å²) in [5.74, 6) is 1.34. The molecule has 1 heterocycles. The molecule has 0 amide bonds. The van der Waals surface area contributed by atoms with Crippen molar-refractivity contribution in [2.45, 2.75) is 45.1 Å². The maximum Gasteiger partial charge on any atom is 0.122 e. The molecule has 3 nitrogen and oxygen atoms in total. The van der Waals surface area contributed by atoms with Gasteiger partial charge in [-0.3, -0.25) is 0 Å². The van der Waals surface area contributed by atoms with Crippen LogP contribution in [-0.2, 0) is 0 Å². The Balaban J connectivity index is 2.37. The SMILES string of the molecule is COc1cc(C)c(C)cc1C(CN)C1CCCCN1C. The van der Waals surface area contributed by atoms with Crippen LogP contribution in [0.2, 0.25) is 0 Å². The summed E-state index contributed by atoms with van der Waals surface area (Å²) in [4.78, 5) is 2.47. The van der Waals surface area contributed by atoms with Crippen LogP contribution in [0.25, 0.3) is 0 Å². The molecule has 20 heavy (non-hydrogen) atoms. The van der Waals surface area contributed by atoms with Crippen LogP contribution in [0.15, 0.2) is 12.1 Å². The number of nitrogens with zero attached hydrogens (tertiary/aromatic N) is 1. The van der Waals surface area contributed by atoms with Gasteiger partial charge in [0.15, 0.2) is 0 Å². The van der Waals surface area contributed by atoms with Gasteiger partial charge in [0.25, 0.3) is 0 Å². The largest absolute Gasteiger partial charge is 0.496 e. The van der Waals surface area contributed by atoms with Gasteiger partial charge in [-0.05, 0) is 57.5 Å². The van der Waals surface area contributed by atoms with Crippen molar-refractivity contribution < 1.29 is 4.74 Å². The molecule has 112 valence electrons. The van der Waals surface area contributed by atoms with Crippen molar-refractivity contribution in [3.05, 3.63) is 28.8 Å². The van der Waals surface area contributed by atoms with E-state index in [9.17, 15) is 0 Å². The van der Waals surface area contributed by atoms with Crippen LogP contribution in [0.1, 0.15) is 41.9 Å². The molecule has 2 unspecified atom stereocenters. The highest BCUT2D eigenvalue weighted by Crippen LogP contribution is 2.35. The Morgan fingerprint density at radius 2 is 2.00 bits per heavy atom. The molecule has 0 saturated carbocycles. The zero-order chi connectivity index (χ0) is 14.7. The molecule has 2 rings (SSSR count). The molecule has 1 aliphatic rings. The first-order valence-electron chi connectivity index (χ1n) is 7.64. The number of piperidine rings is 1. The van der Waals surface area contributed by atoms with Gasteiger partial charge < -0.3 is 15.4 Å². The lowest BCUT2D eigenvalue weighted by atomic mass is 9.84. The summed E-state index contributed by atoms with van der Waals surface area (Å²) in [7, 11) is 3.98. The molecule has 0 bridgehead atoms. The molecule has 0 spiro atoms. The third kappa shape index (κ3) is 2.99. The summed E-state index contributed by atoms with van der Waals surface area (Å²) >= 11 is 0. The second kappa shape index (κ2) is 6.59. The fourth-order valence-electron chi connectivity index (χ4n) is 3.38. The molecular formula is C17H28N2O. The van der Waals surface area contributed by atoms with E-state index in [0.717, 1.165) is 5.75 Å². The Bertz CT molecular complexity index is 459. The predicted octanol–water partition coefficient (Wildman–Crippen LogP) is 2.84. The molecule has 0 aromatic heterocycles. The lowest BCUT2D eigenvalue weighted by molar-refractivity contribution is 0.159. The molecule has 3 heteroatoms. The second-order valence-electron chi connectivity index (χ2n) is 6.06. The molecular weight excluding hydrogens is 248 g/mol. The number of methoxy groups -OCH3 is 1. The fourth-order valence-corrected chi connectivity index (χ4v) is 3.38. The number of hydrogen-bond acceptors (Lipinski definition) is 3. The third-order valence-electron chi connectivity index (χ3n) is 4.79. The van der Waals surface area contributed by atoms with Crippen molar-refractivity contribution in [2.24, 2.45) is 5.73 Å². The zero-order valence-corrected chi connectivity index (χ0v) is 13.3. The van der Waals surface area contributed by atoms with Crippen LogP contribution in [0.4, 0.5) is 0 Å². The average Bonchev–Trinajstić information content (AvgIpc) is 2.45. The number of ether oxygens (including phenoxy) is 1. The fraction of sp³-hybridized carbons (Fsp3) is 0.647. The number of aryl methyl sites for hydroxylation is 2. The number of nitrogens with two attached hydrogens (primary N) is 1. The summed E-state index contributed by atoms with van der Waals surface area (Å²) in [6.45, 7) is 6.14. The highest BCUT2D eigenvalue weighted by molar-refractivity contribution is 5.44. The van der Waals surface area contributed by atoms with Gasteiger partial charge in [-0.1, -0.05) is 12.5 Å². The molecule has 0 radical (unpaired) electrons. The van der Waals surface area contributed by atoms with Crippen molar-refractivity contribution in [3.63, 3.8) is 0 Å². The Hall–Kier alpha value is -1.06. The summed E-state index contributed by atoms with van der Waals surface area (Å²) in [5, 5.41) is 0. The van der Waals surface area contributed by atoms with E-state index in [2.05, 4.69) is 37.9 Å². The van der Waals surface area contributed by atoms with E-state index in [0.29, 0.717) is 18.5 Å². The topological polar surface area (TPSA) is 38.5 Å². The number of hydrogen-bond donors (Lipinski definition) is 1. The van der Waals surface area contributed by atoms with Crippen molar-refractivity contribution in [2.75, 3.05) is 27.2 Å². The first-order chi connectivity index (χ1) is 9.58. The minimum absolute atomic E-state index is 0.356. The summed E-state index contributed by atoms with van der Waals surface area (Å²) in [6.07, 6.45) is 3.83. The maximum absolute atomic E-state index is 6.13. The molecule has 1 fully saturated rings. The van der Waals surface area contributed by atoms with E-state index in [1.54, 1.807) is 7.11 Å². The van der Waals surface area contributed by atoms with Crippen LogP contribution in [0.3, 0.4) is 0 Å². The van der Waals surface area contributed by atoms with Crippen molar-refractivity contribution in [1.29, 1.82) is 0 Å². The number of rotatable bonds is 4. The summed E-state index contributed by atoms with van der Waals surface area (Å²) < 4.78 is 5.62. The van der Waals surface area contributed by atoms with Gasteiger partial charge in [-0.15, -0.1) is 0 Å². The van der Waals surface area contributed by atoms with E-state index in [-0.39, 0.29) is 0 Å². The maximum atomic E-state index is 6.13. The van der Waals surface area contributed by atoms with Gasteiger partial charge in [-0.2, -0.15) is 0 Å². The van der Waals surface area contributed by atoms with E-state index in [1.807, 2.05) is 0 Å². The van der Waals surface area contributed by atoms with E-state index >= 15 is 0 Å². The first kappa shape index (κ1) is 15.3. The van der Waals surface area contributed by atoms with Gasteiger partial charge in [0.05, 0.1) is 7.11 Å². The predicted molar refractivity (Wildman–Crippen MR) is 84.5 cm³/mol. The highest BCUT2D eigenvalue weighted by atomic mass is 16.5. The lowest BCUT2D eigenvalue weighted by Gasteiger charge is -2.38. The minimum Gasteiger partial charge on any atom is -0.496 e. The van der Waals surface area contributed by atoms with Gasteiger partial charge in [0, 0.05) is 24.1 Å². The minimum atomic E-state index is 0.356. The molecule has 2 atom stereocenters. The van der Waals surface area contributed by atoms with Gasteiger partial charge in [0.2, 0.25) is 0 Å². The number of benzene rings is 1. The standard InChI is InChI=1S/C17H28N2O/c1-12-9-14(17(20-4)10-13(12)2)15(11-18)16-7-5-6-8-19(16)3/h9-10,15-16H,5-8,11,18H2,1-4H3. The first-order valence-corrected chi connectivity index (χ1v) is 7.64. The monoisotopic (exact) mass is 276 g/mol. The Morgan fingerprint density at radius 1 is 1.30 bits per heavy atom. The van der Waals surface area contributed by atoms with E-state index in [1.165, 1.54) is 42.5 Å². The van der Waals surface area contributed by atoms with Crippen molar-refractivity contribution in [1.82, 2.24) is 4.90 Å². The molecule has 2 N–H and O–H groups in total. The normalized spacial score (nSPS) is 21.8. The molecule has 1 saturated heterocycles.